The van der Waals surface area contributed by atoms with Crippen molar-refractivity contribution < 1.29 is 13.6 Å². The van der Waals surface area contributed by atoms with Gasteiger partial charge in [0.1, 0.15) is 0 Å². The van der Waals surface area contributed by atoms with E-state index in [-0.39, 0.29) is 30.6 Å². The molecule has 0 atom stereocenters. The number of benzene rings is 1. The average molecular weight is 242 g/mol. The van der Waals surface area contributed by atoms with E-state index in [4.69, 9.17) is 0 Å². The van der Waals surface area contributed by atoms with Crippen molar-refractivity contribution in [1.82, 2.24) is 5.32 Å². The van der Waals surface area contributed by atoms with Gasteiger partial charge in [-0.15, -0.1) is 0 Å². The molecule has 0 fully saturated rings. The normalized spacial score (nSPS) is 10.4. The Morgan fingerprint density at radius 2 is 2.06 bits per heavy atom. The van der Waals surface area contributed by atoms with Gasteiger partial charge >= 0.3 is 0 Å². The summed E-state index contributed by atoms with van der Waals surface area (Å²) >= 11 is 0. The van der Waals surface area contributed by atoms with E-state index in [2.05, 4.69) is 10.6 Å². The van der Waals surface area contributed by atoms with Gasteiger partial charge in [0.25, 0.3) is 0 Å². The quantitative estimate of drug-likeness (QED) is 0.831. The van der Waals surface area contributed by atoms with Crippen molar-refractivity contribution in [2.45, 2.75) is 26.3 Å². The van der Waals surface area contributed by atoms with Crippen molar-refractivity contribution in [2.75, 3.05) is 11.9 Å². The second-order valence-corrected chi connectivity index (χ2v) is 4.00. The lowest BCUT2D eigenvalue weighted by atomic mass is 10.2. The number of anilines is 1. The second kappa shape index (κ2) is 6.18. The summed E-state index contributed by atoms with van der Waals surface area (Å²) in [6, 6.07) is 3.97. The molecule has 94 valence electrons. The lowest BCUT2D eigenvalue weighted by Gasteiger charge is -2.10. The van der Waals surface area contributed by atoms with Gasteiger partial charge in [-0.1, -0.05) is 6.07 Å². The van der Waals surface area contributed by atoms with Crippen LogP contribution in [-0.2, 0) is 4.79 Å². The number of carbonyl (C=O) groups is 1. The fourth-order valence-corrected chi connectivity index (χ4v) is 1.35. The molecule has 0 saturated heterocycles. The third kappa shape index (κ3) is 4.38. The molecule has 1 aromatic rings. The Labute approximate surface area is 99.2 Å². The zero-order chi connectivity index (χ0) is 12.8. The number of hydrogen-bond acceptors (Lipinski definition) is 2. The number of hydrogen-bond donors (Lipinski definition) is 2. The lowest BCUT2D eigenvalue weighted by molar-refractivity contribution is -0.121. The predicted octanol–water partition coefficient (Wildman–Crippen LogP) is 2.29. The van der Waals surface area contributed by atoms with E-state index in [1.807, 2.05) is 13.8 Å². The van der Waals surface area contributed by atoms with E-state index >= 15 is 0 Å². The molecule has 0 spiro atoms. The Kier molecular flexibility index (Phi) is 4.87. The molecule has 1 rings (SSSR count). The van der Waals surface area contributed by atoms with Gasteiger partial charge in [0.05, 0.1) is 5.69 Å². The van der Waals surface area contributed by atoms with Crippen LogP contribution in [0.4, 0.5) is 14.5 Å². The van der Waals surface area contributed by atoms with E-state index in [1.165, 1.54) is 12.1 Å². The minimum absolute atomic E-state index is 0.0716. The molecular weight excluding hydrogens is 226 g/mol. The highest BCUT2D eigenvalue weighted by atomic mass is 19.2. The van der Waals surface area contributed by atoms with Gasteiger partial charge in [-0.3, -0.25) is 4.79 Å². The summed E-state index contributed by atoms with van der Waals surface area (Å²) in [6.45, 7) is 3.98. The highest BCUT2D eigenvalue weighted by Crippen LogP contribution is 2.16. The van der Waals surface area contributed by atoms with Crippen molar-refractivity contribution in [1.29, 1.82) is 0 Å². The number of rotatable bonds is 5. The molecule has 0 aliphatic heterocycles. The van der Waals surface area contributed by atoms with Gasteiger partial charge in [-0.25, -0.2) is 8.78 Å². The van der Waals surface area contributed by atoms with Crippen LogP contribution >= 0.6 is 0 Å². The van der Waals surface area contributed by atoms with E-state index in [1.54, 1.807) is 0 Å². The molecule has 0 heterocycles. The van der Waals surface area contributed by atoms with Crippen LogP contribution in [0.15, 0.2) is 18.2 Å². The molecule has 0 aromatic heterocycles. The highest BCUT2D eigenvalue weighted by molar-refractivity contribution is 5.76. The SMILES string of the molecule is CC(C)NC(=O)CCNc1cccc(F)c1F. The van der Waals surface area contributed by atoms with Crippen LogP contribution in [0.3, 0.4) is 0 Å². The minimum Gasteiger partial charge on any atom is -0.382 e. The smallest absolute Gasteiger partial charge is 0.221 e. The molecule has 0 unspecified atom stereocenters. The van der Waals surface area contributed by atoms with Gasteiger partial charge < -0.3 is 10.6 Å². The number of amides is 1. The maximum Gasteiger partial charge on any atom is 0.221 e. The molecule has 0 aliphatic carbocycles. The largest absolute Gasteiger partial charge is 0.382 e. The van der Waals surface area contributed by atoms with Crippen LogP contribution in [-0.4, -0.2) is 18.5 Å². The van der Waals surface area contributed by atoms with Crippen LogP contribution in [0.2, 0.25) is 0 Å². The molecular formula is C12H16F2N2O. The summed E-state index contributed by atoms with van der Waals surface area (Å²) in [7, 11) is 0. The van der Waals surface area contributed by atoms with Gasteiger partial charge in [-0.05, 0) is 26.0 Å². The minimum atomic E-state index is -0.920. The Morgan fingerprint density at radius 1 is 1.35 bits per heavy atom. The summed E-state index contributed by atoms with van der Waals surface area (Å²) in [4.78, 5) is 11.3. The van der Waals surface area contributed by atoms with Crippen LogP contribution in [0.5, 0.6) is 0 Å². The molecule has 0 bridgehead atoms. The molecule has 2 N–H and O–H groups in total. The average Bonchev–Trinajstić information content (AvgIpc) is 2.23. The molecule has 0 aliphatic rings. The third-order valence-electron chi connectivity index (χ3n) is 2.07. The van der Waals surface area contributed by atoms with Crippen LogP contribution < -0.4 is 10.6 Å². The number of carbonyl (C=O) groups excluding carboxylic acids is 1. The molecule has 1 amide bonds. The van der Waals surface area contributed by atoms with Crippen LogP contribution in [0.1, 0.15) is 20.3 Å². The fourth-order valence-electron chi connectivity index (χ4n) is 1.35. The first-order valence-corrected chi connectivity index (χ1v) is 5.48. The van der Waals surface area contributed by atoms with Crippen LogP contribution in [0, 0.1) is 11.6 Å². The van der Waals surface area contributed by atoms with Crippen molar-refractivity contribution >= 4 is 11.6 Å². The molecule has 0 saturated carbocycles. The Bertz CT molecular complexity index is 394. The number of nitrogens with one attached hydrogen (secondary N) is 2. The molecule has 3 nitrogen and oxygen atoms in total. The summed E-state index contributed by atoms with van der Waals surface area (Å²) in [5, 5.41) is 5.39. The van der Waals surface area contributed by atoms with Gasteiger partial charge in [0, 0.05) is 19.0 Å². The van der Waals surface area contributed by atoms with Crippen molar-refractivity contribution in [3.8, 4) is 0 Å². The first kappa shape index (κ1) is 13.4. The van der Waals surface area contributed by atoms with E-state index in [0.717, 1.165) is 6.07 Å². The second-order valence-electron chi connectivity index (χ2n) is 4.00. The van der Waals surface area contributed by atoms with Crippen molar-refractivity contribution in [2.24, 2.45) is 0 Å². The maximum absolute atomic E-state index is 13.2. The van der Waals surface area contributed by atoms with Crippen molar-refractivity contribution in [3.05, 3.63) is 29.8 Å². The molecule has 0 radical (unpaired) electrons. The summed E-state index contributed by atoms with van der Waals surface area (Å²) in [5.41, 5.74) is 0.0716. The van der Waals surface area contributed by atoms with Crippen molar-refractivity contribution in [3.63, 3.8) is 0 Å². The molecule has 1 aromatic carbocycles. The third-order valence-corrected chi connectivity index (χ3v) is 2.07. The molecule has 17 heavy (non-hydrogen) atoms. The van der Waals surface area contributed by atoms with E-state index < -0.39 is 11.6 Å². The standard InChI is InChI=1S/C12H16F2N2O/c1-8(2)16-11(17)6-7-15-10-5-3-4-9(13)12(10)14/h3-5,8,15H,6-7H2,1-2H3,(H,16,17). The van der Waals surface area contributed by atoms with Gasteiger partial charge in [0.2, 0.25) is 5.91 Å². The fraction of sp³-hybridized carbons (Fsp3) is 0.417. The van der Waals surface area contributed by atoms with E-state index in [9.17, 15) is 13.6 Å². The maximum atomic E-state index is 13.2. The zero-order valence-electron chi connectivity index (χ0n) is 9.89. The van der Waals surface area contributed by atoms with Crippen LogP contribution in [0.25, 0.3) is 0 Å². The van der Waals surface area contributed by atoms with Gasteiger partial charge in [0.15, 0.2) is 11.6 Å². The lowest BCUT2D eigenvalue weighted by Crippen LogP contribution is -2.31. The summed E-state index contributed by atoms with van der Waals surface area (Å²) < 4.78 is 26.0. The first-order chi connectivity index (χ1) is 8.00. The Morgan fingerprint density at radius 3 is 2.71 bits per heavy atom. The highest BCUT2D eigenvalue weighted by Gasteiger charge is 2.07. The first-order valence-electron chi connectivity index (χ1n) is 5.48. The van der Waals surface area contributed by atoms with Gasteiger partial charge in [-0.2, -0.15) is 0 Å². The molecule has 5 heteroatoms. The Hall–Kier alpha value is -1.65. The monoisotopic (exact) mass is 242 g/mol. The zero-order valence-corrected chi connectivity index (χ0v) is 9.89. The summed E-state index contributed by atoms with van der Waals surface area (Å²) in [6.07, 6.45) is 0.216. The number of halogens is 2. The topological polar surface area (TPSA) is 41.1 Å². The predicted molar refractivity (Wildman–Crippen MR) is 62.7 cm³/mol. The summed E-state index contributed by atoms with van der Waals surface area (Å²) in [5.74, 6) is -1.94. The van der Waals surface area contributed by atoms with E-state index in [0.29, 0.717) is 0 Å². The Balaban J connectivity index is 2.41.